The van der Waals surface area contributed by atoms with Gasteiger partial charge in [0.05, 0.1) is 5.52 Å². The molecule has 2 heterocycles. The van der Waals surface area contributed by atoms with Crippen molar-refractivity contribution in [2.75, 3.05) is 20.6 Å². The van der Waals surface area contributed by atoms with Gasteiger partial charge in [-0.2, -0.15) is 0 Å². The van der Waals surface area contributed by atoms with Crippen LogP contribution in [0.2, 0.25) is 0 Å². The lowest BCUT2D eigenvalue weighted by molar-refractivity contribution is 0.414. The van der Waals surface area contributed by atoms with Crippen LogP contribution in [0.25, 0.3) is 27.1 Å². The highest BCUT2D eigenvalue weighted by atomic mass is 19.1. The highest BCUT2D eigenvalue weighted by molar-refractivity contribution is 6.12. The Bertz CT molecular complexity index is 1130. The van der Waals surface area contributed by atoms with Crippen LogP contribution in [0.15, 0.2) is 41.2 Å². The second kappa shape index (κ2) is 5.28. The maximum Gasteiger partial charge on any atom is 0.263 e. The highest BCUT2D eigenvalue weighted by Gasteiger charge is 2.20. The van der Waals surface area contributed by atoms with Gasteiger partial charge < -0.3 is 4.90 Å². The maximum absolute atomic E-state index is 14.3. The molecule has 4 rings (SSSR count). The van der Waals surface area contributed by atoms with Gasteiger partial charge in [-0.3, -0.25) is 9.20 Å². The number of hydrogen-bond donors (Lipinski definition) is 0. The van der Waals surface area contributed by atoms with Gasteiger partial charge in [0.1, 0.15) is 5.82 Å². The minimum atomic E-state index is -0.259. The number of benzene rings is 2. The van der Waals surface area contributed by atoms with Gasteiger partial charge in [0.15, 0.2) is 0 Å². The lowest BCUT2D eigenvalue weighted by atomic mass is 10.0. The molecule has 0 atom stereocenters. The summed E-state index contributed by atoms with van der Waals surface area (Å²) in [6.07, 6.45) is 0.787. The average Bonchev–Trinajstić information content (AvgIpc) is 2.82. The Kier molecular flexibility index (Phi) is 3.32. The molecule has 24 heavy (non-hydrogen) atoms. The van der Waals surface area contributed by atoms with Crippen LogP contribution >= 0.6 is 0 Å². The fourth-order valence-corrected chi connectivity index (χ4v) is 3.70. The van der Waals surface area contributed by atoms with Crippen LogP contribution in [0.1, 0.15) is 11.3 Å². The number of rotatable bonds is 3. The van der Waals surface area contributed by atoms with Crippen LogP contribution in [-0.4, -0.2) is 29.9 Å². The van der Waals surface area contributed by atoms with Crippen molar-refractivity contribution in [3.8, 4) is 0 Å². The van der Waals surface area contributed by atoms with Gasteiger partial charge in [-0.05, 0) is 56.6 Å². The molecule has 0 saturated carbocycles. The van der Waals surface area contributed by atoms with E-state index in [0.717, 1.165) is 45.9 Å². The fraction of sp³-hybridized carbons (Fsp3) is 0.250. The van der Waals surface area contributed by atoms with Crippen molar-refractivity contribution < 1.29 is 4.39 Å². The van der Waals surface area contributed by atoms with Gasteiger partial charge in [0.2, 0.25) is 0 Å². The molecule has 122 valence electrons. The molecule has 0 amide bonds. The fourth-order valence-electron chi connectivity index (χ4n) is 3.70. The van der Waals surface area contributed by atoms with E-state index in [4.69, 9.17) is 0 Å². The quantitative estimate of drug-likeness (QED) is 0.538. The molecule has 2 aromatic heterocycles. The number of aromatic nitrogens is 1. The zero-order valence-corrected chi connectivity index (χ0v) is 14.1. The monoisotopic (exact) mass is 322 g/mol. The SMILES string of the molecule is Cc1c(CCN(C)C)c2cc(F)cc3c4ccccc4c(=O)n1c23. The lowest BCUT2D eigenvalue weighted by Gasteiger charge is -2.09. The second-order valence-corrected chi connectivity index (χ2v) is 6.65. The third-order valence-electron chi connectivity index (χ3n) is 4.86. The minimum absolute atomic E-state index is 0.0247. The van der Waals surface area contributed by atoms with Crippen LogP contribution in [-0.2, 0) is 6.42 Å². The van der Waals surface area contributed by atoms with E-state index in [0.29, 0.717) is 5.39 Å². The molecule has 0 radical (unpaired) electrons. The van der Waals surface area contributed by atoms with Crippen molar-refractivity contribution in [1.29, 1.82) is 0 Å². The standard InChI is InChI=1S/C20H19FN2O/c1-12-14(8-9-22(2)3)17-10-13(21)11-18-15-6-4-5-7-16(15)20(24)23(12)19(17)18/h4-7,10-11H,8-9H2,1-3H3. The minimum Gasteiger partial charge on any atom is -0.309 e. The molecule has 0 bridgehead atoms. The molecule has 3 nitrogen and oxygen atoms in total. The summed E-state index contributed by atoms with van der Waals surface area (Å²) >= 11 is 0. The molecular weight excluding hydrogens is 303 g/mol. The lowest BCUT2D eigenvalue weighted by Crippen LogP contribution is -2.16. The summed E-state index contributed by atoms with van der Waals surface area (Å²) in [6, 6.07) is 10.6. The number of hydrogen-bond acceptors (Lipinski definition) is 2. The molecule has 0 unspecified atom stereocenters. The van der Waals surface area contributed by atoms with E-state index in [9.17, 15) is 9.18 Å². The number of likely N-dealkylation sites (N-methyl/N-ethyl adjacent to an activating group) is 1. The summed E-state index contributed by atoms with van der Waals surface area (Å²) in [6.45, 7) is 2.81. The Morgan fingerprint density at radius 2 is 1.71 bits per heavy atom. The van der Waals surface area contributed by atoms with Gasteiger partial charge in [0, 0.05) is 28.4 Å². The molecule has 0 saturated heterocycles. The predicted molar refractivity (Wildman–Crippen MR) is 96.8 cm³/mol. The average molecular weight is 322 g/mol. The Morgan fingerprint density at radius 3 is 2.42 bits per heavy atom. The van der Waals surface area contributed by atoms with Gasteiger partial charge >= 0.3 is 0 Å². The van der Waals surface area contributed by atoms with Crippen LogP contribution < -0.4 is 5.56 Å². The van der Waals surface area contributed by atoms with Crippen LogP contribution in [0, 0.1) is 12.7 Å². The van der Waals surface area contributed by atoms with Crippen molar-refractivity contribution in [2.24, 2.45) is 0 Å². The van der Waals surface area contributed by atoms with Gasteiger partial charge in [-0.1, -0.05) is 18.2 Å². The van der Waals surface area contributed by atoms with E-state index < -0.39 is 0 Å². The van der Waals surface area contributed by atoms with E-state index in [1.165, 1.54) is 0 Å². The molecule has 0 fully saturated rings. The zero-order valence-electron chi connectivity index (χ0n) is 14.1. The first-order chi connectivity index (χ1) is 11.5. The Labute approximate surface area is 139 Å². The number of halogens is 1. The van der Waals surface area contributed by atoms with Gasteiger partial charge in [-0.25, -0.2) is 4.39 Å². The van der Waals surface area contributed by atoms with Crippen LogP contribution in [0.3, 0.4) is 0 Å². The van der Waals surface area contributed by atoms with Crippen molar-refractivity contribution in [3.63, 3.8) is 0 Å². The first-order valence-corrected chi connectivity index (χ1v) is 8.11. The smallest absolute Gasteiger partial charge is 0.263 e. The predicted octanol–water partition coefficient (Wildman–Crippen LogP) is 3.60. The van der Waals surface area contributed by atoms with E-state index >= 15 is 0 Å². The molecule has 0 aliphatic rings. The molecule has 4 aromatic rings. The Balaban J connectivity index is 2.22. The molecule has 0 aliphatic carbocycles. The number of nitrogens with zero attached hydrogens (tertiary/aromatic N) is 2. The topological polar surface area (TPSA) is 24.7 Å². The maximum atomic E-state index is 14.3. The summed E-state index contributed by atoms with van der Waals surface area (Å²) in [7, 11) is 4.03. The van der Waals surface area contributed by atoms with Crippen molar-refractivity contribution in [3.05, 3.63) is 63.8 Å². The number of pyridine rings is 1. The highest BCUT2D eigenvalue weighted by Crippen LogP contribution is 2.33. The van der Waals surface area contributed by atoms with Gasteiger partial charge in [0.25, 0.3) is 5.56 Å². The first kappa shape index (κ1) is 15.1. The van der Waals surface area contributed by atoms with Crippen molar-refractivity contribution >= 4 is 27.1 Å². The molecule has 0 spiro atoms. The van der Waals surface area contributed by atoms with Crippen molar-refractivity contribution in [2.45, 2.75) is 13.3 Å². The van der Waals surface area contributed by atoms with Crippen LogP contribution in [0.5, 0.6) is 0 Å². The normalized spacial score (nSPS) is 12.2. The Morgan fingerprint density at radius 1 is 1.04 bits per heavy atom. The van der Waals surface area contributed by atoms with Crippen molar-refractivity contribution in [1.82, 2.24) is 9.30 Å². The van der Waals surface area contributed by atoms with Crippen LogP contribution in [0.4, 0.5) is 4.39 Å². The molecule has 0 aliphatic heterocycles. The molecular formula is C20H19FN2O. The number of aryl methyl sites for hydroxylation is 1. The molecule has 4 heteroatoms. The largest absolute Gasteiger partial charge is 0.309 e. The summed E-state index contributed by atoms with van der Waals surface area (Å²) in [5, 5.41) is 3.11. The van der Waals surface area contributed by atoms with E-state index in [1.54, 1.807) is 16.5 Å². The van der Waals surface area contributed by atoms with E-state index in [1.807, 2.05) is 45.3 Å². The van der Waals surface area contributed by atoms with E-state index in [-0.39, 0.29) is 11.4 Å². The third kappa shape index (κ3) is 2.03. The zero-order chi connectivity index (χ0) is 17.0. The van der Waals surface area contributed by atoms with Gasteiger partial charge in [-0.15, -0.1) is 0 Å². The third-order valence-corrected chi connectivity index (χ3v) is 4.86. The number of fused-ring (bicyclic) bond motifs is 2. The summed E-state index contributed by atoms with van der Waals surface area (Å²) in [5.41, 5.74) is 2.79. The molecule has 2 aromatic carbocycles. The summed E-state index contributed by atoms with van der Waals surface area (Å²) < 4.78 is 16.1. The molecule has 0 N–H and O–H groups in total. The summed E-state index contributed by atoms with van der Waals surface area (Å²) in [4.78, 5) is 15.1. The first-order valence-electron chi connectivity index (χ1n) is 8.11. The second-order valence-electron chi connectivity index (χ2n) is 6.65. The Hall–Kier alpha value is -2.46. The summed E-state index contributed by atoms with van der Waals surface area (Å²) in [5.74, 6) is -0.259. The van der Waals surface area contributed by atoms with E-state index in [2.05, 4.69) is 4.90 Å².